The number of carbonyl (C=O) groups excluding carboxylic acids is 1. The molecule has 0 bridgehead atoms. The van der Waals surface area contributed by atoms with Crippen LogP contribution in [0.5, 0.6) is 0 Å². The van der Waals surface area contributed by atoms with Gasteiger partial charge in [0.2, 0.25) is 0 Å². The Morgan fingerprint density at radius 3 is 1.94 bits per heavy atom. The number of halogens is 1. The monoisotopic (exact) mass is 264 g/mol. The number of benzene rings is 2. The quantitative estimate of drug-likeness (QED) is 0.631. The fraction of sp³-hybridized carbons (Fsp3) is 0. The summed E-state index contributed by atoms with van der Waals surface area (Å²) in [6, 6.07) is 15.8. The third-order valence-corrected chi connectivity index (χ3v) is 4.34. The fourth-order valence-corrected chi connectivity index (χ4v) is 2.93. The van der Waals surface area contributed by atoms with Gasteiger partial charge in [-0.15, -0.1) is 0 Å². The molecule has 0 N–H and O–H groups in total. The molecule has 0 saturated heterocycles. The summed E-state index contributed by atoms with van der Waals surface area (Å²) >= 11 is 5.34. The summed E-state index contributed by atoms with van der Waals surface area (Å²) in [5.74, 6) is 0. The molecule has 0 aliphatic heterocycles. The summed E-state index contributed by atoms with van der Waals surface area (Å²) in [4.78, 5) is 10.9. The molecule has 17 heavy (non-hydrogen) atoms. The Morgan fingerprint density at radius 2 is 1.41 bits per heavy atom. The van der Waals surface area contributed by atoms with E-state index in [1.165, 1.54) is 0 Å². The summed E-state index contributed by atoms with van der Waals surface area (Å²) in [7, 11) is -1.99. The second-order valence-corrected chi connectivity index (χ2v) is 5.70. The van der Waals surface area contributed by atoms with Crippen LogP contribution < -0.4 is 10.6 Å². The molecule has 0 amide bonds. The third kappa shape index (κ3) is 2.85. The first-order valence-corrected chi connectivity index (χ1v) is 6.87. The summed E-state index contributed by atoms with van der Waals surface area (Å²) in [6.45, 7) is 0. The van der Waals surface area contributed by atoms with Gasteiger partial charge in [0.25, 0.3) is 5.24 Å². The van der Waals surface area contributed by atoms with Crippen molar-refractivity contribution in [3.05, 3.63) is 60.2 Å². The highest BCUT2D eigenvalue weighted by molar-refractivity contribution is 7.61. The zero-order valence-electron chi connectivity index (χ0n) is 8.89. The molecule has 0 aromatic heterocycles. The van der Waals surface area contributed by atoms with Crippen LogP contribution in [-0.4, -0.2) is 5.24 Å². The van der Waals surface area contributed by atoms with Crippen molar-refractivity contribution in [2.75, 3.05) is 0 Å². The zero-order valence-corrected chi connectivity index (χ0v) is 10.6. The van der Waals surface area contributed by atoms with Crippen LogP contribution in [0.1, 0.15) is 10.4 Å². The molecule has 4 heteroatoms. The molecule has 1 unspecified atom stereocenters. The van der Waals surface area contributed by atoms with Gasteiger partial charge >= 0.3 is 0 Å². The maximum Gasteiger partial charge on any atom is 0.252 e. The smallest absolute Gasteiger partial charge is 0.252 e. The van der Waals surface area contributed by atoms with Crippen LogP contribution >= 0.6 is 19.4 Å². The van der Waals surface area contributed by atoms with E-state index < -0.39 is 13.0 Å². The minimum absolute atomic E-state index is 0.415. The first-order valence-electron chi connectivity index (χ1n) is 5.08. The molecule has 0 saturated carbocycles. The second kappa shape index (κ2) is 5.31. The van der Waals surface area contributed by atoms with E-state index in [0.717, 1.165) is 10.6 Å². The van der Waals surface area contributed by atoms with Gasteiger partial charge < -0.3 is 4.57 Å². The van der Waals surface area contributed by atoms with Crippen LogP contribution in [0.15, 0.2) is 54.6 Å². The van der Waals surface area contributed by atoms with Gasteiger partial charge in [-0.1, -0.05) is 42.5 Å². The van der Waals surface area contributed by atoms with E-state index in [-0.39, 0.29) is 0 Å². The summed E-state index contributed by atoms with van der Waals surface area (Å²) in [5.41, 5.74) is 0.415. The zero-order chi connectivity index (χ0) is 12.3. The molecule has 2 nitrogen and oxygen atoms in total. The van der Waals surface area contributed by atoms with Crippen molar-refractivity contribution < 1.29 is 9.36 Å². The standard InChI is InChI=1S/C13H10ClO2P/c14-13(15)10-6-8-12(9-7-10)17(16)11-4-2-1-3-5-11/h1-9,17H. The van der Waals surface area contributed by atoms with Crippen LogP contribution in [0.2, 0.25) is 0 Å². The van der Waals surface area contributed by atoms with Gasteiger partial charge in [0.05, 0.1) is 0 Å². The van der Waals surface area contributed by atoms with Gasteiger partial charge in [0.15, 0.2) is 0 Å². The Labute approximate surface area is 105 Å². The molecule has 0 spiro atoms. The molecular weight excluding hydrogens is 255 g/mol. The number of rotatable bonds is 3. The Hall–Kier alpha value is -1.37. The second-order valence-electron chi connectivity index (χ2n) is 3.55. The first kappa shape index (κ1) is 12.1. The molecule has 0 aliphatic carbocycles. The van der Waals surface area contributed by atoms with Gasteiger partial charge in [0, 0.05) is 16.2 Å². The van der Waals surface area contributed by atoms with E-state index in [4.69, 9.17) is 11.6 Å². The Balaban J connectivity index is 2.30. The molecule has 0 aliphatic rings. The van der Waals surface area contributed by atoms with Crippen LogP contribution in [0.4, 0.5) is 0 Å². The maximum absolute atomic E-state index is 12.2. The number of hydrogen-bond donors (Lipinski definition) is 0. The highest BCUT2D eigenvalue weighted by atomic mass is 35.5. The molecule has 1 atom stereocenters. The van der Waals surface area contributed by atoms with Crippen LogP contribution in [-0.2, 0) is 4.57 Å². The molecule has 0 fully saturated rings. The Bertz CT molecular complexity index is 549. The number of carbonyl (C=O) groups is 1. The van der Waals surface area contributed by atoms with Crippen molar-refractivity contribution in [3.8, 4) is 0 Å². The van der Waals surface area contributed by atoms with Crippen molar-refractivity contribution in [2.24, 2.45) is 0 Å². The average Bonchev–Trinajstić information content (AvgIpc) is 2.39. The SMILES string of the molecule is O=C(Cl)c1ccc([PH](=O)c2ccccc2)cc1. The summed E-state index contributed by atoms with van der Waals surface area (Å²) in [6.07, 6.45) is 0. The van der Waals surface area contributed by atoms with Crippen molar-refractivity contribution >= 4 is 35.3 Å². The Morgan fingerprint density at radius 1 is 0.882 bits per heavy atom. The van der Waals surface area contributed by atoms with Crippen molar-refractivity contribution in [2.45, 2.75) is 0 Å². The van der Waals surface area contributed by atoms with E-state index >= 15 is 0 Å². The molecule has 86 valence electrons. The van der Waals surface area contributed by atoms with E-state index in [1.807, 2.05) is 30.3 Å². The van der Waals surface area contributed by atoms with E-state index in [0.29, 0.717) is 5.56 Å². The minimum Gasteiger partial charge on any atom is -0.317 e. The first-order chi connectivity index (χ1) is 8.18. The van der Waals surface area contributed by atoms with Crippen LogP contribution in [0.25, 0.3) is 0 Å². The van der Waals surface area contributed by atoms with Gasteiger partial charge in [-0.3, -0.25) is 4.79 Å². The van der Waals surface area contributed by atoms with Crippen molar-refractivity contribution in [1.29, 1.82) is 0 Å². The maximum atomic E-state index is 12.2. The molecule has 0 heterocycles. The number of hydrogen-bond acceptors (Lipinski definition) is 2. The highest BCUT2D eigenvalue weighted by Crippen LogP contribution is 2.19. The molecule has 2 aromatic carbocycles. The van der Waals surface area contributed by atoms with Crippen LogP contribution in [0, 0.1) is 0 Å². The fourth-order valence-electron chi connectivity index (χ4n) is 1.51. The molecular formula is C13H10ClO2P. The van der Waals surface area contributed by atoms with Crippen molar-refractivity contribution in [3.63, 3.8) is 0 Å². The lowest BCUT2D eigenvalue weighted by molar-refractivity contribution is 0.108. The van der Waals surface area contributed by atoms with E-state index in [9.17, 15) is 9.36 Å². The van der Waals surface area contributed by atoms with Crippen LogP contribution in [0.3, 0.4) is 0 Å². The predicted molar refractivity (Wildman–Crippen MR) is 71.3 cm³/mol. The van der Waals surface area contributed by atoms with Crippen molar-refractivity contribution in [1.82, 2.24) is 0 Å². The topological polar surface area (TPSA) is 34.1 Å². The van der Waals surface area contributed by atoms with Gasteiger partial charge in [-0.2, -0.15) is 0 Å². The molecule has 2 aromatic rings. The average molecular weight is 265 g/mol. The highest BCUT2D eigenvalue weighted by Gasteiger charge is 2.07. The van der Waals surface area contributed by atoms with Gasteiger partial charge in [-0.05, 0) is 23.7 Å². The predicted octanol–water partition coefficient (Wildman–Crippen LogP) is 2.58. The largest absolute Gasteiger partial charge is 0.317 e. The lowest BCUT2D eigenvalue weighted by Crippen LogP contribution is -2.06. The Kier molecular flexibility index (Phi) is 3.78. The normalized spacial score (nSPS) is 12.1. The lowest BCUT2D eigenvalue weighted by Gasteiger charge is -2.02. The lowest BCUT2D eigenvalue weighted by atomic mass is 10.2. The van der Waals surface area contributed by atoms with Gasteiger partial charge in [-0.25, -0.2) is 0 Å². The minimum atomic E-state index is -1.99. The third-order valence-electron chi connectivity index (χ3n) is 2.41. The summed E-state index contributed by atoms with van der Waals surface area (Å²) in [5, 5.41) is 1.03. The van der Waals surface area contributed by atoms with E-state index in [1.54, 1.807) is 24.3 Å². The molecule has 0 radical (unpaired) electrons. The summed E-state index contributed by atoms with van der Waals surface area (Å²) < 4.78 is 12.2. The van der Waals surface area contributed by atoms with Gasteiger partial charge in [0.1, 0.15) is 7.80 Å². The van der Waals surface area contributed by atoms with E-state index in [2.05, 4.69) is 0 Å². The molecule has 2 rings (SSSR count).